The first kappa shape index (κ1) is 13.3. The molecule has 1 fully saturated rings. The molecule has 5 heteroatoms. The molecule has 0 saturated heterocycles. The molecule has 4 nitrogen and oxygen atoms in total. The molecule has 0 heterocycles. The van der Waals surface area contributed by atoms with E-state index in [0.29, 0.717) is 12.0 Å². The van der Waals surface area contributed by atoms with E-state index in [1.807, 2.05) is 0 Å². The van der Waals surface area contributed by atoms with Gasteiger partial charge in [0.2, 0.25) is 0 Å². The fraction of sp³-hybridized carbons (Fsp3) is 1.00. The van der Waals surface area contributed by atoms with E-state index in [-0.39, 0.29) is 5.25 Å². The maximum Gasteiger partial charge on any atom is 0.118 e. The average Bonchev–Trinajstić information content (AvgIpc) is 2.27. The number of hydrogen-bond donors (Lipinski definition) is 4. The Morgan fingerprint density at radius 1 is 1.40 bits per heavy atom. The molecule has 0 amide bonds. The van der Waals surface area contributed by atoms with Gasteiger partial charge in [-0.05, 0) is 57.1 Å². The lowest BCUT2D eigenvalue weighted by atomic mass is 9.83. The van der Waals surface area contributed by atoms with Gasteiger partial charge in [-0.25, -0.2) is 0 Å². The van der Waals surface area contributed by atoms with E-state index in [1.165, 1.54) is 0 Å². The molecule has 5 N–H and O–H groups in total. The van der Waals surface area contributed by atoms with Gasteiger partial charge in [-0.1, -0.05) is 0 Å². The molecular weight excluding hydrogens is 212 g/mol. The van der Waals surface area contributed by atoms with E-state index >= 15 is 0 Å². The van der Waals surface area contributed by atoms with Crippen molar-refractivity contribution < 1.29 is 9.66 Å². The van der Waals surface area contributed by atoms with Gasteiger partial charge >= 0.3 is 0 Å². The van der Waals surface area contributed by atoms with E-state index < -0.39 is 6.23 Å². The molecule has 1 aliphatic carbocycles. The molecule has 0 radical (unpaired) electrons. The van der Waals surface area contributed by atoms with Crippen LogP contribution in [0.1, 0.15) is 32.1 Å². The fourth-order valence-electron chi connectivity index (χ4n) is 2.17. The highest BCUT2D eigenvalue weighted by molar-refractivity contribution is 7.94. The first-order valence-electron chi connectivity index (χ1n) is 5.58. The molecule has 0 aromatic heterocycles. The lowest BCUT2D eigenvalue weighted by molar-refractivity contribution is 0.128. The Labute approximate surface area is 95.8 Å². The maximum atomic E-state index is 9.58. The van der Waals surface area contributed by atoms with Crippen LogP contribution < -0.4 is 11.1 Å². The van der Waals surface area contributed by atoms with Crippen molar-refractivity contribution >= 4 is 12.0 Å². The van der Waals surface area contributed by atoms with Crippen molar-refractivity contribution in [2.45, 2.75) is 49.6 Å². The zero-order valence-corrected chi connectivity index (χ0v) is 10.0. The zero-order chi connectivity index (χ0) is 11.3. The molecule has 0 aliphatic heterocycles. The van der Waals surface area contributed by atoms with Crippen molar-refractivity contribution in [3.63, 3.8) is 0 Å². The summed E-state index contributed by atoms with van der Waals surface area (Å²) in [4.78, 5) is 0. The molecule has 0 spiro atoms. The molecule has 0 aromatic rings. The normalized spacial score (nSPS) is 31.2. The minimum Gasteiger partial charge on any atom is -0.377 e. The molecule has 1 saturated carbocycles. The van der Waals surface area contributed by atoms with Crippen LogP contribution in [0.3, 0.4) is 0 Å². The number of rotatable bonds is 5. The summed E-state index contributed by atoms with van der Waals surface area (Å²) in [5.74, 6) is 0.595. The predicted molar refractivity (Wildman–Crippen MR) is 63.6 cm³/mol. The van der Waals surface area contributed by atoms with Gasteiger partial charge in [-0.15, -0.1) is 0 Å². The molecule has 0 aromatic carbocycles. The van der Waals surface area contributed by atoms with Crippen LogP contribution in [-0.4, -0.2) is 34.2 Å². The summed E-state index contributed by atoms with van der Waals surface area (Å²) in [5, 5.41) is 12.2. The van der Waals surface area contributed by atoms with Gasteiger partial charge in [0.25, 0.3) is 0 Å². The summed E-state index contributed by atoms with van der Waals surface area (Å²) in [6, 6.07) is 0.357. The Morgan fingerprint density at radius 3 is 2.47 bits per heavy atom. The van der Waals surface area contributed by atoms with Gasteiger partial charge in [0.15, 0.2) is 0 Å². The third-order valence-corrected chi connectivity index (χ3v) is 3.96. The highest BCUT2D eigenvalue weighted by Crippen LogP contribution is 2.30. The highest BCUT2D eigenvalue weighted by Gasteiger charge is 2.25. The minimum atomic E-state index is -0.629. The Hall–Kier alpha value is 0.190. The maximum absolute atomic E-state index is 9.58. The van der Waals surface area contributed by atoms with Crippen molar-refractivity contribution in [3.05, 3.63) is 0 Å². The Kier molecular flexibility index (Phi) is 5.92. The van der Waals surface area contributed by atoms with Gasteiger partial charge in [0.1, 0.15) is 6.23 Å². The van der Waals surface area contributed by atoms with Crippen LogP contribution in [0.2, 0.25) is 0 Å². The minimum absolute atomic E-state index is 0.130. The predicted octanol–water partition coefficient (Wildman–Crippen LogP) is 1.01. The second kappa shape index (κ2) is 6.70. The number of nitrogens with two attached hydrogens (primary N) is 1. The van der Waals surface area contributed by atoms with Crippen molar-refractivity contribution in [1.29, 1.82) is 0 Å². The summed E-state index contributed by atoms with van der Waals surface area (Å²) >= 11 is 0.753. The molecular formula is C10H22N2O2S. The lowest BCUT2D eigenvalue weighted by Gasteiger charge is -2.29. The van der Waals surface area contributed by atoms with Gasteiger partial charge in [0, 0.05) is 6.04 Å². The Balaban J connectivity index is 2.32. The number of nitrogens with one attached hydrogen (secondary N) is 1. The van der Waals surface area contributed by atoms with Crippen LogP contribution >= 0.6 is 12.0 Å². The molecule has 90 valence electrons. The fourth-order valence-corrected chi connectivity index (χ4v) is 2.78. The largest absolute Gasteiger partial charge is 0.377 e. The number of aliphatic hydroxyl groups is 1. The van der Waals surface area contributed by atoms with Crippen molar-refractivity contribution in [3.8, 4) is 0 Å². The second-order valence-electron chi connectivity index (χ2n) is 4.39. The van der Waals surface area contributed by atoms with Crippen LogP contribution in [0.25, 0.3) is 0 Å². The van der Waals surface area contributed by atoms with E-state index in [1.54, 1.807) is 7.05 Å². The van der Waals surface area contributed by atoms with Gasteiger partial charge in [-0.3, -0.25) is 5.32 Å². The zero-order valence-electron chi connectivity index (χ0n) is 9.22. The van der Waals surface area contributed by atoms with E-state index in [0.717, 1.165) is 44.1 Å². The lowest BCUT2D eigenvalue weighted by Crippen LogP contribution is -2.37. The summed E-state index contributed by atoms with van der Waals surface area (Å²) in [6.45, 7) is 0. The van der Waals surface area contributed by atoms with E-state index in [4.69, 9.17) is 10.3 Å². The van der Waals surface area contributed by atoms with Crippen LogP contribution in [0.4, 0.5) is 0 Å². The third-order valence-electron chi connectivity index (χ3n) is 3.24. The summed E-state index contributed by atoms with van der Waals surface area (Å²) in [7, 11) is 1.70. The van der Waals surface area contributed by atoms with Crippen molar-refractivity contribution in [2.75, 3.05) is 7.05 Å². The summed E-state index contributed by atoms with van der Waals surface area (Å²) in [5.41, 5.74) is 5.83. The first-order valence-corrected chi connectivity index (χ1v) is 6.42. The highest BCUT2D eigenvalue weighted by atomic mass is 32.2. The van der Waals surface area contributed by atoms with Crippen LogP contribution in [0.15, 0.2) is 0 Å². The number of hydrogen-bond acceptors (Lipinski definition) is 5. The molecule has 2 atom stereocenters. The quantitative estimate of drug-likeness (QED) is 0.422. The standard InChI is InChI=1S/C10H22N2O2S/c1-12-10(13)9(15-14)6-7-2-4-8(11)5-3-7/h7-10,12-14H,2-6,11H2,1H3. The summed E-state index contributed by atoms with van der Waals surface area (Å²) in [6.07, 6.45) is 4.61. The van der Waals surface area contributed by atoms with Gasteiger partial charge in [-0.2, -0.15) is 0 Å². The van der Waals surface area contributed by atoms with Gasteiger partial charge in [0.05, 0.1) is 5.25 Å². The Bertz CT molecular complexity index is 175. The molecule has 1 rings (SSSR count). The Morgan fingerprint density at radius 2 is 2.00 bits per heavy atom. The monoisotopic (exact) mass is 234 g/mol. The van der Waals surface area contributed by atoms with Gasteiger partial charge < -0.3 is 15.4 Å². The molecule has 15 heavy (non-hydrogen) atoms. The summed E-state index contributed by atoms with van der Waals surface area (Å²) < 4.78 is 9.10. The second-order valence-corrected chi connectivity index (χ2v) is 5.21. The third kappa shape index (κ3) is 4.28. The van der Waals surface area contributed by atoms with Crippen LogP contribution in [0.5, 0.6) is 0 Å². The average molecular weight is 234 g/mol. The van der Waals surface area contributed by atoms with Crippen molar-refractivity contribution in [1.82, 2.24) is 5.32 Å². The van der Waals surface area contributed by atoms with E-state index in [9.17, 15) is 5.11 Å². The smallest absolute Gasteiger partial charge is 0.118 e. The van der Waals surface area contributed by atoms with E-state index in [2.05, 4.69) is 5.32 Å². The molecule has 1 aliphatic rings. The van der Waals surface area contributed by atoms with Crippen LogP contribution in [0, 0.1) is 5.92 Å². The SMILES string of the molecule is CNC(O)C(CC1CCC(N)CC1)SO. The number of aliphatic hydroxyl groups excluding tert-OH is 1. The topological polar surface area (TPSA) is 78.5 Å². The molecule has 0 bridgehead atoms. The first-order chi connectivity index (χ1) is 7.17. The van der Waals surface area contributed by atoms with Crippen molar-refractivity contribution in [2.24, 2.45) is 11.7 Å². The van der Waals surface area contributed by atoms with Crippen LogP contribution in [-0.2, 0) is 0 Å². The molecule has 2 unspecified atom stereocenters.